The first-order valence-electron chi connectivity index (χ1n) is 4.65. The lowest BCUT2D eigenvalue weighted by molar-refractivity contribution is 0.564. The maximum atomic E-state index is 13.8. The van der Waals surface area contributed by atoms with E-state index in [0.29, 0.717) is 10.9 Å². The number of fused-ring (bicyclic) bond motifs is 1. The Labute approximate surface area is 85.7 Å². The Morgan fingerprint density at radius 3 is 2.87 bits per heavy atom. The van der Waals surface area contributed by atoms with Gasteiger partial charge in [-0.1, -0.05) is 0 Å². The smallest absolute Gasteiger partial charge is 0.138 e. The van der Waals surface area contributed by atoms with Crippen LogP contribution in [-0.4, -0.2) is 11.5 Å². The van der Waals surface area contributed by atoms with E-state index in [-0.39, 0.29) is 18.5 Å². The van der Waals surface area contributed by atoms with Gasteiger partial charge in [-0.2, -0.15) is 0 Å². The number of pyridine rings is 1. The summed E-state index contributed by atoms with van der Waals surface area (Å²) in [6.07, 6.45) is 1.70. The maximum absolute atomic E-state index is 13.8. The van der Waals surface area contributed by atoms with Crippen LogP contribution in [0.25, 0.3) is 10.9 Å². The van der Waals surface area contributed by atoms with Gasteiger partial charge in [-0.3, -0.25) is 4.98 Å². The molecule has 0 bridgehead atoms. The summed E-state index contributed by atoms with van der Waals surface area (Å²) in [6, 6.07) is 4.44. The molecular formula is C11H10F2N2. The summed E-state index contributed by atoms with van der Waals surface area (Å²) < 4.78 is 27.2. The van der Waals surface area contributed by atoms with Crippen molar-refractivity contribution in [3.8, 4) is 0 Å². The first-order chi connectivity index (χ1) is 7.24. The van der Waals surface area contributed by atoms with E-state index in [4.69, 9.17) is 5.73 Å². The molecule has 0 radical (unpaired) electrons. The minimum absolute atomic E-state index is 0.0398. The summed E-state index contributed by atoms with van der Waals surface area (Å²) in [6.45, 7) is 0.222. The number of rotatable bonds is 2. The van der Waals surface area contributed by atoms with Crippen molar-refractivity contribution in [3.63, 3.8) is 0 Å². The lowest BCUT2D eigenvalue weighted by atomic mass is 10.1. The van der Waals surface area contributed by atoms with Crippen LogP contribution in [0.4, 0.5) is 8.78 Å². The zero-order valence-electron chi connectivity index (χ0n) is 8.00. The third-order valence-electron chi connectivity index (χ3n) is 2.29. The minimum Gasteiger partial charge on any atom is -0.330 e. The van der Waals surface area contributed by atoms with Gasteiger partial charge in [0.05, 0.1) is 5.52 Å². The highest BCUT2D eigenvalue weighted by Crippen LogP contribution is 2.22. The molecule has 15 heavy (non-hydrogen) atoms. The lowest BCUT2D eigenvalue weighted by Gasteiger charge is -2.06. The van der Waals surface area contributed by atoms with E-state index in [9.17, 15) is 8.78 Å². The van der Waals surface area contributed by atoms with Crippen molar-refractivity contribution >= 4 is 10.9 Å². The molecule has 4 heteroatoms. The zero-order valence-corrected chi connectivity index (χ0v) is 8.00. The van der Waals surface area contributed by atoms with Crippen molar-refractivity contribution < 1.29 is 8.78 Å². The van der Waals surface area contributed by atoms with Gasteiger partial charge in [0.15, 0.2) is 0 Å². The van der Waals surface area contributed by atoms with Crippen molar-refractivity contribution in [1.82, 2.24) is 4.98 Å². The van der Waals surface area contributed by atoms with Gasteiger partial charge in [0.25, 0.3) is 0 Å². The van der Waals surface area contributed by atoms with Crippen LogP contribution in [0.2, 0.25) is 0 Å². The molecule has 0 fully saturated rings. The molecule has 0 atom stereocenters. The Morgan fingerprint density at radius 1 is 1.33 bits per heavy atom. The van der Waals surface area contributed by atoms with E-state index in [1.807, 2.05) is 0 Å². The molecule has 1 aromatic carbocycles. The second kappa shape index (κ2) is 3.90. The van der Waals surface area contributed by atoms with E-state index in [0.717, 1.165) is 0 Å². The van der Waals surface area contributed by atoms with Crippen LogP contribution >= 0.6 is 0 Å². The van der Waals surface area contributed by atoms with Gasteiger partial charge in [-0.25, -0.2) is 8.78 Å². The second-order valence-electron chi connectivity index (χ2n) is 3.26. The molecule has 1 aromatic heterocycles. The molecule has 0 aliphatic carbocycles. The number of hydrogen-bond acceptors (Lipinski definition) is 2. The topological polar surface area (TPSA) is 38.9 Å². The van der Waals surface area contributed by atoms with E-state index >= 15 is 0 Å². The van der Waals surface area contributed by atoms with Gasteiger partial charge in [0, 0.05) is 23.2 Å². The Morgan fingerprint density at radius 2 is 2.13 bits per heavy atom. The number of aromatic nitrogens is 1. The monoisotopic (exact) mass is 208 g/mol. The minimum atomic E-state index is -0.579. The molecule has 0 saturated heterocycles. The van der Waals surface area contributed by atoms with Crippen LogP contribution in [0, 0.1) is 11.6 Å². The molecule has 2 rings (SSSR count). The first kappa shape index (κ1) is 9.98. The van der Waals surface area contributed by atoms with Crippen molar-refractivity contribution in [2.75, 3.05) is 6.54 Å². The highest BCUT2D eigenvalue weighted by Gasteiger charge is 2.12. The van der Waals surface area contributed by atoms with Crippen LogP contribution in [0.5, 0.6) is 0 Å². The van der Waals surface area contributed by atoms with E-state index in [1.165, 1.54) is 12.3 Å². The van der Waals surface area contributed by atoms with Gasteiger partial charge >= 0.3 is 0 Å². The first-order valence-corrected chi connectivity index (χ1v) is 4.65. The van der Waals surface area contributed by atoms with Crippen LogP contribution < -0.4 is 5.73 Å². The third kappa shape index (κ3) is 1.68. The summed E-state index contributed by atoms with van der Waals surface area (Å²) in [4.78, 5) is 3.89. The standard InChI is InChI=1S/C11H10F2N2/c12-9-6-10-8(2-1-5-15-10)11(13)7(9)3-4-14/h1-2,5-6H,3-4,14H2. The van der Waals surface area contributed by atoms with Crippen LogP contribution in [-0.2, 0) is 6.42 Å². The molecule has 2 N–H and O–H groups in total. The largest absolute Gasteiger partial charge is 0.330 e. The molecule has 0 saturated carbocycles. The molecule has 2 nitrogen and oxygen atoms in total. The molecule has 2 aromatic rings. The zero-order chi connectivity index (χ0) is 10.8. The predicted octanol–water partition coefficient (Wildman–Crippen LogP) is 2.01. The molecule has 0 spiro atoms. The Kier molecular flexibility index (Phi) is 2.60. The molecule has 0 unspecified atom stereocenters. The summed E-state index contributed by atoms with van der Waals surface area (Å²) in [5.74, 6) is -1.13. The summed E-state index contributed by atoms with van der Waals surface area (Å²) in [5, 5.41) is 0.336. The van der Waals surface area contributed by atoms with E-state index in [2.05, 4.69) is 4.98 Å². The van der Waals surface area contributed by atoms with Crippen LogP contribution in [0.15, 0.2) is 24.4 Å². The molecule has 0 amide bonds. The second-order valence-corrected chi connectivity index (χ2v) is 3.26. The fourth-order valence-electron chi connectivity index (χ4n) is 1.57. The molecular weight excluding hydrogens is 198 g/mol. The fourth-order valence-corrected chi connectivity index (χ4v) is 1.57. The predicted molar refractivity (Wildman–Crippen MR) is 54.4 cm³/mol. The van der Waals surface area contributed by atoms with E-state index in [1.54, 1.807) is 12.1 Å². The number of nitrogens with zero attached hydrogens (tertiary/aromatic N) is 1. The third-order valence-corrected chi connectivity index (χ3v) is 2.29. The SMILES string of the molecule is NCCc1c(F)cc2ncccc2c1F. The Bertz CT molecular complexity index is 497. The number of nitrogens with two attached hydrogens (primary N) is 1. The normalized spacial score (nSPS) is 10.9. The van der Waals surface area contributed by atoms with Crippen molar-refractivity contribution in [2.45, 2.75) is 6.42 Å². The lowest BCUT2D eigenvalue weighted by Crippen LogP contribution is -2.07. The summed E-state index contributed by atoms with van der Waals surface area (Å²) in [5.41, 5.74) is 5.66. The fraction of sp³-hybridized carbons (Fsp3) is 0.182. The van der Waals surface area contributed by atoms with Crippen molar-refractivity contribution in [2.24, 2.45) is 5.73 Å². The van der Waals surface area contributed by atoms with Gasteiger partial charge in [-0.05, 0) is 25.1 Å². The molecule has 78 valence electrons. The van der Waals surface area contributed by atoms with Crippen LogP contribution in [0.3, 0.4) is 0 Å². The molecule has 1 heterocycles. The van der Waals surface area contributed by atoms with Crippen molar-refractivity contribution in [3.05, 3.63) is 41.6 Å². The summed E-state index contributed by atoms with van der Waals surface area (Å²) >= 11 is 0. The average molecular weight is 208 g/mol. The molecule has 0 aliphatic rings. The number of hydrogen-bond donors (Lipinski definition) is 1. The highest BCUT2D eigenvalue weighted by atomic mass is 19.1. The van der Waals surface area contributed by atoms with Gasteiger partial charge in [-0.15, -0.1) is 0 Å². The highest BCUT2D eigenvalue weighted by molar-refractivity contribution is 5.80. The Hall–Kier alpha value is -1.55. The molecule has 0 aliphatic heterocycles. The van der Waals surface area contributed by atoms with Gasteiger partial charge < -0.3 is 5.73 Å². The van der Waals surface area contributed by atoms with Crippen LogP contribution in [0.1, 0.15) is 5.56 Å². The quantitative estimate of drug-likeness (QED) is 0.819. The number of halogens is 2. The average Bonchev–Trinajstić information content (AvgIpc) is 2.24. The van der Waals surface area contributed by atoms with E-state index < -0.39 is 11.6 Å². The van der Waals surface area contributed by atoms with Gasteiger partial charge in [0.2, 0.25) is 0 Å². The number of benzene rings is 1. The van der Waals surface area contributed by atoms with Gasteiger partial charge in [0.1, 0.15) is 11.6 Å². The maximum Gasteiger partial charge on any atom is 0.138 e. The van der Waals surface area contributed by atoms with Crippen molar-refractivity contribution in [1.29, 1.82) is 0 Å². The Balaban J connectivity index is 2.72. The summed E-state index contributed by atoms with van der Waals surface area (Å²) in [7, 11) is 0.